The highest BCUT2D eigenvalue weighted by atomic mass is 16.5. The van der Waals surface area contributed by atoms with Crippen molar-refractivity contribution in [3.63, 3.8) is 0 Å². The Kier molecular flexibility index (Phi) is 4.26. The molecule has 0 radical (unpaired) electrons. The molecule has 1 rings (SSSR count). The average molecular weight is 180 g/mol. The normalized spacial score (nSPS) is 10.0. The summed E-state index contributed by atoms with van der Waals surface area (Å²) in [6.45, 7) is 3.43. The Hall–Kier alpha value is -1.09. The third-order valence-corrected chi connectivity index (χ3v) is 1.69. The van der Waals surface area contributed by atoms with Gasteiger partial charge in [-0.2, -0.15) is 0 Å². The second-order valence-electron chi connectivity index (χ2n) is 2.84. The van der Waals surface area contributed by atoms with E-state index in [1.807, 2.05) is 12.1 Å². The fourth-order valence-corrected chi connectivity index (χ4v) is 1.09. The van der Waals surface area contributed by atoms with Crippen molar-refractivity contribution >= 4 is 0 Å². The quantitative estimate of drug-likeness (QED) is 0.744. The van der Waals surface area contributed by atoms with Crippen molar-refractivity contribution in [1.29, 1.82) is 0 Å². The highest BCUT2D eigenvalue weighted by molar-refractivity contribution is 5.26. The molecule has 0 aliphatic carbocycles. The van der Waals surface area contributed by atoms with Gasteiger partial charge in [0.2, 0.25) is 0 Å². The SMILES string of the molecule is CCCOc1cccnc1CCN. The lowest BCUT2D eigenvalue weighted by Crippen LogP contribution is -2.07. The third-order valence-electron chi connectivity index (χ3n) is 1.69. The van der Waals surface area contributed by atoms with Crippen molar-refractivity contribution < 1.29 is 4.74 Å². The number of nitrogens with zero attached hydrogens (tertiary/aromatic N) is 1. The van der Waals surface area contributed by atoms with E-state index in [4.69, 9.17) is 10.5 Å². The van der Waals surface area contributed by atoms with E-state index in [1.54, 1.807) is 6.20 Å². The first kappa shape index (κ1) is 9.99. The summed E-state index contributed by atoms with van der Waals surface area (Å²) in [6, 6.07) is 3.82. The monoisotopic (exact) mass is 180 g/mol. The summed E-state index contributed by atoms with van der Waals surface area (Å²) in [7, 11) is 0. The molecule has 0 bridgehead atoms. The van der Waals surface area contributed by atoms with Crippen LogP contribution in [-0.4, -0.2) is 18.1 Å². The van der Waals surface area contributed by atoms with Crippen LogP contribution in [0.3, 0.4) is 0 Å². The van der Waals surface area contributed by atoms with Crippen molar-refractivity contribution in [2.24, 2.45) is 5.73 Å². The van der Waals surface area contributed by atoms with Crippen LogP contribution < -0.4 is 10.5 Å². The minimum Gasteiger partial charge on any atom is -0.492 e. The van der Waals surface area contributed by atoms with Crippen molar-refractivity contribution in [1.82, 2.24) is 4.98 Å². The molecule has 0 atom stereocenters. The topological polar surface area (TPSA) is 48.1 Å². The van der Waals surface area contributed by atoms with E-state index in [1.165, 1.54) is 0 Å². The molecule has 0 amide bonds. The maximum absolute atomic E-state index is 5.52. The lowest BCUT2D eigenvalue weighted by atomic mass is 10.2. The third kappa shape index (κ3) is 3.03. The van der Waals surface area contributed by atoms with E-state index in [-0.39, 0.29) is 0 Å². The standard InChI is InChI=1S/C10H16N2O/c1-2-8-13-10-4-3-7-12-9(10)5-6-11/h3-4,7H,2,5-6,8,11H2,1H3. The molecule has 0 aromatic carbocycles. The molecular weight excluding hydrogens is 164 g/mol. The largest absolute Gasteiger partial charge is 0.492 e. The summed E-state index contributed by atoms with van der Waals surface area (Å²) in [5, 5.41) is 0. The zero-order valence-electron chi connectivity index (χ0n) is 7.99. The Morgan fingerprint density at radius 1 is 1.54 bits per heavy atom. The summed E-state index contributed by atoms with van der Waals surface area (Å²) in [4.78, 5) is 4.22. The molecule has 0 spiro atoms. The molecule has 2 N–H and O–H groups in total. The molecule has 0 unspecified atom stereocenters. The number of nitrogens with two attached hydrogens (primary N) is 1. The van der Waals surface area contributed by atoms with Crippen LogP contribution in [-0.2, 0) is 6.42 Å². The zero-order valence-corrected chi connectivity index (χ0v) is 7.99. The van der Waals surface area contributed by atoms with Crippen molar-refractivity contribution in [3.8, 4) is 5.75 Å². The van der Waals surface area contributed by atoms with Gasteiger partial charge in [-0.05, 0) is 25.1 Å². The van der Waals surface area contributed by atoms with Crippen LogP contribution in [0.4, 0.5) is 0 Å². The van der Waals surface area contributed by atoms with Gasteiger partial charge in [0.15, 0.2) is 0 Å². The molecule has 0 fully saturated rings. The van der Waals surface area contributed by atoms with Crippen LogP contribution in [0, 0.1) is 0 Å². The summed E-state index contributed by atoms with van der Waals surface area (Å²) in [5.74, 6) is 0.870. The van der Waals surface area contributed by atoms with Crippen LogP contribution >= 0.6 is 0 Å². The maximum Gasteiger partial charge on any atom is 0.140 e. The van der Waals surface area contributed by atoms with E-state index >= 15 is 0 Å². The van der Waals surface area contributed by atoms with Crippen LogP contribution in [0.2, 0.25) is 0 Å². The highest BCUT2D eigenvalue weighted by Crippen LogP contribution is 2.15. The Labute approximate surface area is 78.9 Å². The molecule has 0 aliphatic heterocycles. The second-order valence-corrected chi connectivity index (χ2v) is 2.84. The molecule has 72 valence electrons. The number of ether oxygens (including phenoxy) is 1. The predicted octanol–water partition coefficient (Wildman–Crippen LogP) is 1.37. The van der Waals surface area contributed by atoms with E-state index < -0.39 is 0 Å². The van der Waals surface area contributed by atoms with Crippen molar-refractivity contribution in [2.45, 2.75) is 19.8 Å². The summed E-state index contributed by atoms with van der Waals surface area (Å²) >= 11 is 0. The number of aromatic nitrogens is 1. The van der Waals surface area contributed by atoms with Gasteiger partial charge < -0.3 is 10.5 Å². The lowest BCUT2D eigenvalue weighted by molar-refractivity contribution is 0.312. The van der Waals surface area contributed by atoms with Gasteiger partial charge in [-0.1, -0.05) is 6.92 Å². The smallest absolute Gasteiger partial charge is 0.140 e. The second kappa shape index (κ2) is 5.54. The molecule has 3 heteroatoms. The molecule has 13 heavy (non-hydrogen) atoms. The van der Waals surface area contributed by atoms with E-state index in [0.717, 1.165) is 30.9 Å². The van der Waals surface area contributed by atoms with Crippen molar-refractivity contribution in [2.75, 3.05) is 13.2 Å². The minimum atomic E-state index is 0.611. The number of hydrogen-bond acceptors (Lipinski definition) is 3. The maximum atomic E-state index is 5.52. The lowest BCUT2D eigenvalue weighted by Gasteiger charge is -2.08. The molecule has 0 saturated carbocycles. The number of pyridine rings is 1. The Bertz CT molecular complexity index is 250. The fraction of sp³-hybridized carbons (Fsp3) is 0.500. The number of hydrogen-bond donors (Lipinski definition) is 1. The van der Waals surface area contributed by atoms with Crippen LogP contribution in [0.5, 0.6) is 5.75 Å². The average Bonchev–Trinajstić information content (AvgIpc) is 2.17. The molecule has 0 aliphatic rings. The first-order valence-corrected chi connectivity index (χ1v) is 4.65. The molecule has 1 aromatic rings. The van der Waals surface area contributed by atoms with Gasteiger partial charge in [-0.25, -0.2) is 0 Å². The first-order valence-electron chi connectivity index (χ1n) is 4.65. The molecule has 3 nitrogen and oxygen atoms in total. The van der Waals surface area contributed by atoms with Crippen LogP contribution in [0.1, 0.15) is 19.0 Å². The molecule has 1 heterocycles. The van der Waals surface area contributed by atoms with Gasteiger partial charge in [0.1, 0.15) is 5.75 Å². The summed E-state index contributed by atoms with van der Waals surface area (Å²) < 4.78 is 5.52. The first-order chi connectivity index (χ1) is 6.38. The van der Waals surface area contributed by atoms with Gasteiger partial charge in [-0.3, -0.25) is 4.98 Å². The van der Waals surface area contributed by atoms with Gasteiger partial charge >= 0.3 is 0 Å². The Balaban J connectivity index is 2.66. The van der Waals surface area contributed by atoms with E-state index in [9.17, 15) is 0 Å². The van der Waals surface area contributed by atoms with Crippen LogP contribution in [0.25, 0.3) is 0 Å². The van der Waals surface area contributed by atoms with Crippen LogP contribution in [0.15, 0.2) is 18.3 Å². The zero-order chi connectivity index (χ0) is 9.52. The van der Waals surface area contributed by atoms with Crippen molar-refractivity contribution in [3.05, 3.63) is 24.0 Å². The van der Waals surface area contributed by atoms with E-state index in [2.05, 4.69) is 11.9 Å². The summed E-state index contributed by atoms with van der Waals surface area (Å²) in [5.41, 5.74) is 6.42. The molecular formula is C10H16N2O. The minimum absolute atomic E-state index is 0.611. The predicted molar refractivity (Wildman–Crippen MR) is 52.8 cm³/mol. The van der Waals surface area contributed by atoms with Gasteiger partial charge in [0.05, 0.1) is 12.3 Å². The highest BCUT2D eigenvalue weighted by Gasteiger charge is 2.01. The van der Waals surface area contributed by atoms with Gasteiger partial charge in [-0.15, -0.1) is 0 Å². The molecule has 1 aromatic heterocycles. The molecule has 0 saturated heterocycles. The van der Waals surface area contributed by atoms with E-state index in [0.29, 0.717) is 6.54 Å². The Morgan fingerprint density at radius 3 is 3.08 bits per heavy atom. The van der Waals surface area contributed by atoms with Gasteiger partial charge in [0, 0.05) is 12.6 Å². The Morgan fingerprint density at radius 2 is 2.38 bits per heavy atom. The summed E-state index contributed by atoms with van der Waals surface area (Å²) in [6.07, 6.45) is 3.56. The fourth-order valence-electron chi connectivity index (χ4n) is 1.09. The number of rotatable bonds is 5. The van der Waals surface area contributed by atoms with Gasteiger partial charge in [0.25, 0.3) is 0 Å².